The van der Waals surface area contributed by atoms with Crippen molar-refractivity contribution in [1.29, 1.82) is 0 Å². The zero-order chi connectivity index (χ0) is 17.1. The maximum atomic E-state index is 12.7. The molecule has 0 fully saturated rings. The van der Waals surface area contributed by atoms with Gasteiger partial charge in [-0.05, 0) is 54.5 Å². The molecule has 0 spiro atoms. The van der Waals surface area contributed by atoms with Gasteiger partial charge in [0.2, 0.25) is 5.91 Å². The SMILES string of the molecule is COc1cc(CCC(=O)N2CCc3sccc3C2C)cc(OC)c1. The van der Waals surface area contributed by atoms with E-state index in [9.17, 15) is 4.79 Å². The summed E-state index contributed by atoms with van der Waals surface area (Å²) in [6.45, 7) is 2.94. The highest BCUT2D eigenvalue weighted by Crippen LogP contribution is 2.33. The van der Waals surface area contributed by atoms with Crippen molar-refractivity contribution in [1.82, 2.24) is 4.90 Å². The van der Waals surface area contributed by atoms with Crippen LogP contribution >= 0.6 is 11.3 Å². The number of hydrogen-bond acceptors (Lipinski definition) is 4. The van der Waals surface area contributed by atoms with Gasteiger partial charge in [0.25, 0.3) is 0 Å². The second-order valence-corrected chi connectivity index (χ2v) is 7.03. The highest BCUT2D eigenvalue weighted by atomic mass is 32.1. The molecule has 0 radical (unpaired) electrons. The molecule has 2 heterocycles. The van der Waals surface area contributed by atoms with Crippen molar-refractivity contribution in [3.8, 4) is 11.5 Å². The second kappa shape index (κ2) is 7.26. The van der Waals surface area contributed by atoms with Gasteiger partial charge in [-0.2, -0.15) is 0 Å². The van der Waals surface area contributed by atoms with Crippen LogP contribution in [0.3, 0.4) is 0 Å². The Morgan fingerprint density at radius 2 is 1.96 bits per heavy atom. The summed E-state index contributed by atoms with van der Waals surface area (Å²) >= 11 is 1.80. The molecule has 1 atom stereocenters. The van der Waals surface area contributed by atoms with Crippen molar-refractivity contribution in [3.63, 3.8) is 0 Å². The van der Waals surface area contributed by atoms with Crippen molar-refractivity contribution in [2.45, 2.75) is 32.2 Å². The molecule has 1 aliphatic heterocycles. The standard InChI is InChI=1S/C19H23NO3S/c1-13-17-7-9-24-18(17)6-8-20(13)19(21)5-4-14-10-15(22-2)12-16(11-14)23-3/h7,9-13H,4-6,8H2,1-3H3. The van der Waals surface area contributed by atoms with Crippen LogP contribution in [0.15, 0.2) is 29.6 Å². The number of amides is 1. The molecule has 2 aromatic rings. The Kier molecular flexibility index (Phi) is 5.09. The van der Waals surface area contributed by atoms with Gasteiger partial charge in [0.05, 0.1) is 20.3 Å². The van der Waals surface area contributed by atoms with E-state index in [1.807, 2.05) is 23.1 Å². The van der Waals surface area contributed by atoms with Crippen LogP contribution in [0.5, 0.6) is 11.5 Å². The number of methoxy groups -OCH3 is 2. The minimum atomic E-state index is 0.173. The number of thiophene rings is 1. The monoisotopic (exact) mass is 345 g/mol. The summed E-state index contributed by atoms with van der Waals surface area (Å²) in [5.74, 6) is 1.72. The molecule has 0 saturated heterocycles. The first-order chi connectivity index (χ1) is 11.6. The molecule has 1 amide bonds. The number of carbonyl (C=O) groups excluding carboxylic acids is 1. The number of ether oxygens (including phenoxy) is 2. The Morgan fingerprint density at radius 3 is 2.62 bits per heavy atom. The Morgan fingerprint density at radius 1 is 1.25 bits per heavy atom. The van der Waals surface area contributed by atoms with Gasteiger partial charge in [-0.15, -0.1) is 11.3 Å². The van der Waals surface area contributed by atoms with E-state index in [0.29, 0.717) is 12.8 Å². The first kappa shape index (κ1) is 16.8. The molecule has 3 rings (SSSR count). The molecular weight excluding hydrogens is 322 g/mol. The van der Waals surface area contributed by atoms with Crippen LogP contribution < -0.4 is 9.47 Å². The summed E-state index contributed by atoms with van der Waals surface area (Å²) in [5, 5.41) is 2.12. The van der Waals surface area contributed by atoms with E-state index in [1.165, 1.54) is 10.4 Å². The lowest BCUT2D eigenvalue weighted by Gasteiger charge is -2.33. The number of rotatable bonds is 5. The highest BCUT2D eigenvalue weighted by molar-refractivity contribution is 7.10. The second-order valence-electron chi connectivity index (χ2n) is 6.03. The Labute approximate surface area is 147 Å². The van der Waals surface area contributed by atoms with E-state index >= 15 is 0 Å². The molecule has 0 saturated carbocycles. The molecule has 1 aromatic heterocycles. The van der Waals surface area contributed by atoms with Gasteiger partial charge in [0.15, 0.2) is 0 Å². The molecule has 1 aliphatic rings. The van der Waals surface area contributed by atoms with E-state index in [1.54, 1.807) is 25.6 Å². The highest BCUT2D eigenvalue weighted by Gasteiger charge is 2.27. The molecule has 24 heavy (non-hydrogen) atoms. The lowest BCUT2D eigenvalue weighted by atomic mass is 10.0. The summed E-state index contributed by atoms with van der Waals surface area (Å²) in [6, 6.07) is 8.10. The third kappa shape index (κ3) is 3.41. The minimum absolute atomic E-state index is 0.173. The van der Waals surface area contributed by atoms with Gasteiger partial charge in [-0.25, -0.2) is 0 Å². The van der Waals surface area contributed by atoms with Crippen molar-refractivity contribution in [2.24, 2.45) is 0 Å². The molecule has 0 bridgehead atoms. The predicted octanol–water partition coefficient (Wildman–Crippen LogP) is 3.84. The van der Waals surface area contributed by atoms with Crippen LogP contribution in [0.1, 0.15) is 35.4 Å². The molecule has 4 nitrogen and oxygen atoms in total. The van der Waals surface area contributed by atoms with E-state index in [4.69, 9.17) is 9.47 Å². The Bertz CT molecular complexity index is 703. The fourth-order valence-electron chi connectivity index (χ4n) is 3.26. The molecule has 1 unspecified atom stereocenters. The van der Waals surface area contributed by atoms with Crippen LogP contribution in [0.4, 0.5) is 0 Å². The number of benzene rings is 1. The maximum absolute atomic E-state index is 12.7. The summed E-state index contributed by atoms with van der Waals surface area (Å²) in [4.78, 5) is 16.1. The van der Waals surface area contributed by atoms with E-state index in [-0.39, 0.29) is 11.9 Å². The van der Waals surface area contributed by atoms with Crippen molar-refractivity contribution in [2.75, 3.05) is 20.8 Å². The lowest BCUT2D eigenvalue weighted by Crippen LogP contribution is -2.38. The third-order valence-corrected chi connectivity index (χ3v) is 5.63. The summed E-state index contributed by atoms with van der Waals surface area (Å²) < 4.78 is 10.6. The summed E-state index contributed by atoms with van der Waals surface area (Å²) in [6.07, 6.45) is 2.16. The third-order valence-electron chi connectivity index (χ3n) is 4.64. The zero-order valence-electron chi connectivity index (χ0n) is 14.4. The van der Waals surface area contributed by atoms with Gasteiger partial charge in [-0.1, -0.05) is 0 Å². The number of nitrogens with zero attached hydrogens (tertiary/aromatic N) is 1. The predicted molar refractivity (Wildman–Crippen MR) is 96.0 cm³/mol. The smallest absolute Gasteiger partial charge is 0.223 e. The average Bonchev–Trinajstić information content (AvgIpc) is 3.09. The van der Waals surface area contributed by atoms with Gasteiger partial charge in [0, 0.05) is 23.9 Å². The molecule has 1 aromatic carbocycles. The van der Waals surface area contributed by atoms with Gasteiger partial charge >= 0.3 is 0 Å². The maximum Gasteiger partial charge on any atom is 0.223 e. The normalized spacial score (nSPS) is 16.6. The number of hydrogen-bond donors (Lipinski definition) is 0. The Hall–Kier alpha value is -2.01. The number of fused-ring (bicyclic) bond motifs is 1. The Balaban J connectivity index is 1.66. The van der Waals surface area contributed by atoms with Crippen LogP contribution in [0.25, 0.3) is 0 Å². The fourth-order valence-corrected chi connectivity index (χ4v) is 4.22. The molecular formula is C19H23NO3S. The molecule has 128 valence electrons. The lowest BCUT2D eigenvalue weighted by molar-refractivity contribution is -0.133. The minimum Gasteiger partial charge on any atom is -0.497 e. The van der Waals surface area contributed by atoms with E-state index < -0.39 is 0 Å². The topological polar surface area (TPSA) is 38.8 Å². The van der Waals surface area contributed by atoms with E-state index in [0.717, 1.165) is 30.0 Å². The fraction of sp³-hybridized carbons (Fsp3) is 0.421. The molecule has 0 aliphatic carbocycles. The zero-order valence-corrected chi connectivity index (χ0v) is 15.2. The van der Waals surface area contributed by atoms with E-state index in [2.05, 4.69) is 18.4 Å². The number of carbonyl (C=O) groups is 1. The molecule has 0 N–H and O–H groups in total. The van der Waals surface area contributed by atoms with Gasteiger partial charge < -0.3 is 14.4 Å². The van der Waals surface area contributed by atoms with Crippen molar-refractivity contribution < 1.29 is 14.3 Å². The largest absolute Gasteiger partial charge is 0.497 e. The first-order valence-electron chi connectivity index (χ1n) is 8.20. The quantitative estimate of drug-likeness (QED) is 0.826. The van der Waals surface area contributed by atoms with Crippen LogP contribution in [-0.4, -0.2) is 31.6 Å². The average molecular weight is 345 g/mol. The summed E-state index contributed by atoms with van der Waals surface area (Å²) in [7, 11) is 3.27. The number of aryl methyl sites for hydroxylation is 1. The van der Waals surface area contributed by atoms with Gasteiger partial charge in [-0.3, -0.25) is 4.79 Å². The van der Waals surface area contributed by atoms with Crippen molar-refractivity contribution >= 4 is 17.2 Å². The van der Waals surface area contributed by atoms with Crippen LogP contribution in [0, 0.1) is 0 Å². The van der Waals surface area contributed by atoms with Crippen LogP contribution in [-0.2, 0) is 17.6 Å². The van der Waals surface area contributed by atoms with Crippen LogP contribution in [0.2, 0.25) is 0 Å². The van der Waals surface area contributed by atoms with Crippen molar-refractivity contribution in [3.05, 3.63) is 45.6 Å². The first-order valence-corrected chi connectivity index (χ1v) is 9.08. The molecule has 5 heteroatoms. The van der Waals surface area contributed by atoms with Gasteiger partial charge in [0.1, 0.15) is 11.5 Å². The summed E-state index contributed by atoms with van der Waals surface area (Å²) in [5.41, 5.74) is 2.36.